The Hall–Kier alpha value is -0.980. The van der Waals surface area contributed by atoms with Crippen molar-refractivity contribution < 1.29 is 0 Å². The van der Waals surface area contributed by atoms with Gasteiger partial charge >= 0.3 is 0 Å². The summed E-state index contributed by atoms with van der Waals surface area (Å²) < 4.78 is 1.15. The summed E-state index contributed by atoms with van der Waals surface area (Å²) in [6, 6.07) is 2.15. The Morgan fingerprint density at radius 1 is 1.32 bits per heavy atom. The van der Waals surface area contributed by atoms with Gasteiger partial charge in [-0.25, -0.2) is 4.98 Å². The van der Waals surface area contributed by atoms with Gasteiger partial charge in [-0.2, -0.15) is 0 Å². The highest BCUT2D eigenvalue weighted by Gasteiger charge is 2.05. The van der Waals surface area contributed by atoms with Crippen LogP contribution in [0.15, 0.2) is 28.3 Å². The van der Waals surface area contributed by atoms with E-state index in [9.17, 15) is 0 Å². The van der Waals surface area contributed by atoms with Crippen LogP contribution in [0.4, 0.5) is 5.82 Å². The topological polar surface area (TPSA) is 41.1 Å². The van der Waals surface area contributed by atoms with Gasteiger partial charge < -0.3 is 5.32 Å². The molecule has 0 radical (unpaired) electrons. The lowest BCUT2D eigenvalue weighted by molar-refractivity contribution is 0.317. The van der Waals surface area contributed by atoms with Crippen molar-refractivity contribution in [2.45, 2.75) is 20.0 Å². The van der Waals surface area contributed by atoms with Crippen LogP contribution in [-0.2, 0) is 13.1 Å². The number of rotatable bonds is 6. The minimum Gasteiger partial charge on any atom is -0.369 e. The third kappa shape index (κ3) is 4.56. The Morgan fingerprint density at radius 2 is 2.16 bits per heavy atom. The first-order valence-electron chi connectivity index (χ1n) is 6.13. The van der Waals surface area contributed by atoms with Crippen molar-refractivity contribution in [1.29, 1.82) is 0 Å². The van der Waals surface area contributed by atoms with Crippen molar-refractivity contribution in [1.82, 2.24) is 14.9 Å². The van der Waals surface area contributed by atoms with E-state index in [2.05, 4.69) is 54.6 Å². The molecule has 0 unspecified atom stereocenters. The molecule has 0 saturated heterocycles. The maximum Gasteiger partial charge on any atom is 0.144 e. The zero-order valence-corrected chi connectivity index (χ0v) is 13.5. The number of aromatic nitrogens is 2. The van der Waals surface area contributed by atoms with E-state index in [4.69, 9.17) is 0 Å². The molecular weight excluding hydrogens is 324 g/mol. The molecule has 2 heterocycles. The van der Waals surface area contributed by atoms with Gasteiger partial charge in [-0.3, -0.25) is 9.88 Å². The minimum atomic E-state index is 0.801. The second-order valence-electron chi connectivity index (χ2n) is 4.33. The van der Waals surface area contributed by atoms with E-state index in [1.807, 2.05) is 13.1 Å². The Balaban J connectivity index is 1.89. The lowest BCUT2D eigenvalue weighted by atomic mass is 10.3. The molecule has 0 bridgehead atoms. The minimum absolute atomic E-state index is 0.801. The van der Waals surface area contributed by atoms with E-state index >= 15 is 0 Å². The van der Waals surface area contributed by atoms with Crippen LogP contribution in [0.25, 0.3) is 0 Å². The molecule has 102 valence electrons. The monoisotopic (exact) mass is 340 g/mol. The SMILES string of the molecule is CCNc1cnc(CN(C)Cc2cc(Br)cs2)cn1. The summed E-state index contributed by atoms with van der Waals surface area (Å²) in [6.45, 7) is 4.63. The van der Waals surface area contributed by atoms with E-state index in [0.717, 1.165) is 35.6 Å². The van der Waals surface area contributed by atoms with Crippen molar-refractivity contribution in [3.05, 3.63) is 38.9 Å². The summed E-state index contributed by atoms with van der Waals surface area (Å²) >= 11 is 5.24. The Bertz CT molecular complexity index is 512. The molecule has 0 saturated carbocycles. The fourth-order valence-corrected chi connectivity index (χ4v) is 3.27. The van der Waals surface area contributed by atoms with Crippen molar-refractivity contribution in [3.63, 3.8) is 0 Å². The number of anilines is 1. The molecule has 1 N–H and O–H groups in total. The molecule has 4 nitrogen and oxygen atoms in total. The quantitative estimate of drug-likeness (QED) is 0.875. The van der Waals surface area contributed by atoms with Crippen LogP contribution < -0.4 is 5.32 Å². The van der Waals surface area contributed by atoms with Crippen LogP contribution in [0.2, 0.25) is 0 Å². The second-order valence-corrected chi connectivity index (χ2v) is 6.24. The summed E-state index contributed by atoms with van der Waals surface area (Å²) in [5.41, 5.74) is 0.986. The second kappa shape index (κ2) is 6.98. The van der Waals surface area contributed by atoms with Crippen LogP contribution in [0, 0.1) is 0 Å². The number of nitrogens with one attached hydrogen (secondary N) is 1. The number of hydrogen-bond acceptors (Lipinski definition) is 5. The van der Waals surface area contributed by atoms with Gasteiger partial charge in [0.2, 0.25) is 0 Å². The molecule has 0 aliphatic carbocycles. The fourth-order valence-electron chi connectivity index (χ4n) is 1.74. The molecule has 6 heteroatoms. The normalized spacial score (nSPS) is 10.9. The summed E-state index contributed by atoms with van der Waals surface area (Å²) in [5, 5.41) is 5.25. The number of thiophene rings is 1. The molecule has 2 aromatic rings. The molecule has 0 spiro atoms. The van der Waals surface area contributed by atoms with Gasteiger partial charge in [-0.05, 0) is 36.0 Å². The Morgan fingerprint density at radius 3 is 2.74 bits per heavy atom. The first-order chi connectivity index (χ1) is 9.17. The number of hydrogen-bond donors (Lipinski definition) is 1. The molecule has 2 rings (SSSR count). The third-order valence-electron chi connectivity index (χ3n) is 2.54. The summed E-state index contributed by atoms with van der Waals surface area (Å²) in [7, 11) is 2.09. The first-order valence-corrected chi connectivity index (χ1v) is 7.81. The predicted octanol–water partition coefficient (Wildman–Crippen LogP) is 3.36. The number of nitrogens with zero attached hydrogens (tertiary/aromatic N) is 3. The zero-order valence-electron chi connectivity index (χ0n) is 11.1. The maximum absolute atomic E-state index is 4.41. The van der Waals surface area contributed by atoms with Crippen molar-refractivity contribution in [2.24, 2.45) is 0 Å². The smallest absolute Gasteiger partial charge is 0.144 e. The summed E-state index contributed by atoms with van der Waals surface area (Å²) in [4.78, 5) is 12.3. The van der Waals surface area contributed by atoms with Gasteiger partial charge in [0.1, 0.15) is 5.82 Å². The van der Waals surface area contributed by atoms with Crippen molar-refractivity contribution in [2.75, 3.05) is 18.9 Å². The third-order valence-corrected chi connectivity index (χ3v) is 4.23. The molecule has 0 aromatic carbocycles. The van der Waals surface area contributed by atoms with Gasteiger partial charge in [-0.1, -0.05) is 0 Å². The van der Waals surface area contributed by atoms with E-state index in [0.29, 0.717) is 0 Å². The maximum atomic E-state index is 4.41. The number of halogens is 1. The van der Waals surface area contributed by atoms with Crippen molar-refractivity contribution in [3.8, 4) is 0 Å². The van der Waals surface area contributed by atoms with E-state index in [-0.39, 0.29) is 0 Å². The van der Waals surface area contributed by atoms with Gasteiger partial charge in [0.15, 0.2) is 0 Å². The van der Waals surface area contributed by atoms with Crippen LogP contribution >= 0.6 is 27.3 Å². The molecule has 0 amide bonds. The van der Waals surface area contributed by atoms with E-state index < -0.39 is 0 Å². The average Bonchev–Trinajstić information content (AvgIpc) is 2.77. The van der Waals surface area contributed by atoms with Crippen molar-refractivity contribution >= 4 is 33.1 Å². The molecular formula is C13H17BrN4S. The lowest BCUT2D eigenvalue weighted by Crippen LogP contribution is -2.17. The molecule has 2 aromatic heterocycles. The van der Waals surface area contributed by atoms with Crippen LogP contribution in [0.5, 0.6) is 0 Å². The molecule has 0 aliphatic rings. The van der Waals surface area contributed by atoms with Crippen LogP contribution in [0.1, 0.15) is 17.5 Å². The van der Waals surface area contributed by atoms with Gasteiger partial charge in [0.05, 0.1) is 18.1 Å². The van der Waals surface area contributed by atoms with E-state index in [1.54, 1.807) is 17.5 Å². The first kappa shape index (κ1) is 14.4. The largest absolute Gasteiger partial charge is 0.369 e. The fraction of sp³-hybridized carbons (Fsp3) is 0.385. The Labute approximate surface area is 126 Å². The highest BCUT2D eigenvalue weighted by Crippen LogP contribution is 2.21. The van der Waals surface area contributed by atoms with E-state index in [1.165, 1.54) is 4.88 Å². The van der Waals surface area contributed by atoms with Crippen LogP contribution in [-0.4, -0.2) is 28.5 Å². The predicted molar refractivity (Wildman–Crippen MR) is 83.4 cm³/mol. The van der Waals surface area contributed by atoms with Gasteiger partial charge in [0, 0.05) is 34.4 Å². The average molecular weight is 341 g/mol. The van der Waals surface area contributed by atoms with Gasteiger partial charge in [0.25, 0.3) is 0 Å². The molecule has 0 fully saturated rings. The zero-order chi connectivity index (χ0) is 13.7. The molecule has 0 atom stereocenters. The summed E-state index contributed by atoms with van der Waals surface area (Å²) in [5.74, 6) is 0.830. The Kier molecular flexibility index (Phi) is 5.30. The standard InChI is InChI=1S/C13H17BrN4S/c1-3-15-13-6-16-11(5-17-13)7-18(2)8-12-4-10(14)9-19-12/h4-6,9H,3,7-8H2,1-2H3,(H,15,17). The highest BCUT2D eigenvalue weighted by molar-refractivity contribution is 9.10. The summed E-state index contributed by atoms with van der Waals surface area (Å²) in [6.07, 6.45) is 3.62. The van der Waals surface area contributed by atoms with Crippen LogP contribution in [0.3, 0.4) is 0 Å². The lowest BCUT2D eigenvalue weighted by Gasteiger charge is -2.14. The molecule has 0 aliphatic heterocycles. The highest BCUT2D eigenvalue weighted by atomic mass is 79.9. The van der Waals surface area contributed by atoms with Gasteiger partial charge in [-0.15, -0.1) is 11.3 Å². The molecule has 19 heavy (non-hydrogen) atoms.